The van der Waals surface area contributed by atoms with Gasteiger partial charge in [0.1, 0.15) is 0 Å². The predicted octanol–water partition coefficient (Wildman–Crippen LogP) is 3.53. The van der Waals surface area contributed by atoms with Gasteiger partial charge in [-0.1, -0.05) is 62.4 Å². The molecule has 2 amide bonds. The lowest BCUT2D eigenvalue weighted by Crippen LogP contribution is -2.50. The number of carbonyl (C=O) groups is 2. The van der Waals surface area contributed by atoms with E-state index in [1.54, 1.807) is 0 Å². The average molecular weight is 394 g/mol. The van der Waals surface area contributed by atoms with Gasteiger partial charge in [-0.15, -0.1) is 0 Å². The van der Waals surface area contributed by atoms with Crippen molar-refractivity contribution in [1.82, 2.24) is 9.80 Å². The van der Waals surface area contributed by atoms with Crippen molar-refractivity contribution in [2.75, 3.05) is 38.0 Å². The highest BCUT2D eigenvalue weighted by atomic mass is 16.2. The van der Waals surface area contributed by atoms with Crippen LogP contribution in [0.5, 0.6) is 0 Å². The summed E-state index contributed by atoms with van der Waals surface area (Å²) < 4.78 is 0. The first-order valence-electron chi connectivity index (χ1n) is 10.5. The highest BCUT2D eigenvalue weighted by Crippen LogP contribution is 2.20. The van der Waals surface area contributed by atoms with Crippen LogP contribution in [0, 0.1) is 0 Å². The lowest BCUT2D eigenvalue weighted by atomic mass is 9.97. The molecule has 2 aromatic rings. The number of benzene rings is 2. The molecule has 1 N–H and O–H groups in total. The minimum absolute atomic E-state index is 0.00313. The molecule has 1 heterocycles. The zero-order valence-corrected chi connectivity index (χ0v) is 17.4. The van der Waals surface area contributed by atoms with E-state index in [0.717, 1.165) is 30.8 Å². The van der Waals surface area contributed by atoms with E-state index in [0.29, 0.717) is 26.1 Å². The molecule has 1 fully saturated rings. The number of aryl methyl sites for hydroxylation is 1. The second-order valence-corrected chi connectivity index (χ2v) is 7.73. The molecule has 0 radical (unpaired) electrons. The van der Waals surface area contributed by atoms with Gasteiger partial charge in [-0.05, 0) is 29.5 Å². The number of carbonyl (C=O) groups excluding carboxylic acids is 2. The Balaban J connectivity index is 1.44. The van der Waals surface area contributed by atoms with E-state index in [1.165, 1.54) is 5.56 Å². The summed E-state index contributed by atoms with van der Waals surface area (Å²) in [5.41, 5.74) is 3.23. The van der Waals surface area contributed by atoms with Crippen LogP contribution in [-0.2, 0) is 16.0 Å². The molecule has 1 atom stereocenters. The molecule has 5 nitrogen and oxygen atoms in total. The molecule has 0 saturated carbocycles. The van der Waals surface area contributed by atoms with Gasteiger partial charge in [0.25, 0.3) is 0 Å². The Kier molecular flexibility index (Phi) is 7.42. The molecule has 3 rings (SSSR count). The minimum Gasteiger partial charge on any atom is -0.340 e. The van der Waals surface area contributed by atoms with E-state index >= 15 is 0 Å². The van der Waals surface area contributed by atoms with Crippen LogP contribution < -0.4 is 5.32 Å². The molecular weight excluding hydrogens is 362 g/mol. The van der Waals surface area contributed by atoms with Crippen molar-refractivity contribution in [2.45, 2.75) is 32.6 Å². The van der Waals surface area contributed by atoms with Crippen LogP contribution in [-0.4, -0.2) is 54.3 Å². The third kappa shape index (κ3) is 5.91. The molecule has 1 unspecified atom stereocenters. The van der Waals surface area contributed by atoms with Gasteiger partial charge in [0, 0.05) is 38.3 Å². The lowest BCUT2D eigenvalue weighted by molar-refractivity contribution is -0.133. The first-order valence-corrected chi connectivity index (χ1v) is 10.5. The van der Waals surface area contributed by atoms with E-state index < -0.39 is 0 Å². The fourth-order valence-electron chi connectivity index (χ4n) is 3.79. The second-order valence-electron chi connectivity index (χ2n) is 7.73. The maximum Gasteiger partial charge on any atom is 0.238 e. The number of nitrogens with one attached hydrogen (secondary N) is 1. The fourth-order valence-corrected chi connectivity index (χ4v) is 3.79. The normalized spacial score (nSPS) is 15.7. The number of hydrogen-bond acceptors (Lipinski definition) is 3. The summed E-state index contributed by atoms with van der Waals surface area (Å²) in [6.45, 7) is 7.36. The Morgan fingerprint density at radius 3 is 2.31 bits per heavy atom. The third-order valence-corrected chi connectivity index (χ3v) is 5.61. The lowest BCUT2D eigenvalue weighted by Gasteiger charge is -2.35. The Morgan fingerprint density at radius 1 is 0.966 bits per heavy atom. The van der Waals surface area contributed by atoms with Crippen molar-refractivity contribution >= 4 is 17.5 Å². The van der Waals surface area contributed by atoms with Crippen LogP contribution in [0.2, 0.25) is 0 Å². The monoisotopic (exact) mass is 393 g/mol. The zero-order chi connectivity index (χ0) is 20.6. The summed E-state index contributed by atoms with van der Waals surface area (Å²) in [7, 11) is 0. The van der Waals surface area contributed by atoms with Gasteiger partial charge in [-0.2, -0.15) is 0 Å². The molecule has 1 aliphatic rings. The topological polar surface area (TPSA) is 52.7 Å². The Hall–Kier alpha value is -2.66. The van der Waals surface area contributed by atoms with Crippen LogP contribution in [0.4, 0.5) is 5.69 Å². The molecule has 0 spiro atoms. The molecular formula is C24H31N3O2. The standard InChI is InChI=1S/C24H31N3O2/c1-3-20-9-7-8-12-22(20)25-23(28)18-26-13-15-27(16-14-26)24(29)17-19(2)21-10-5-4-6-11-21/h4-12,19H,3,13-18H2,1-2H3,(H,25,28). The van der Waals surface area contributed by atoms with Crippen LogP contribution in [0.25, 0.3) is 0 Å². The number of nitrogens with zero attached hydrogens (tertiary/aromatic N) is 2. The summed E-state index contributed by atoms with van der Waals surface area (Å²) >= 11 is 0. The SMILES string of the molecule is CCc1ccccc1NC(=O)CN1CCN(C(=O)CC(C)c2ccccc2)CC1. The predicted molar refractivity (Wildman–Crippen MR) is 117 cm³/mol. The Labute approximate surface area is 173 Å². The first-order chi connectivity index (χ1) is 14.1. The van der Waals surface area contributed by atoms with Crippen molar-refractivity contribution in [3.63, 3.8) is 0 Å². The first kappa shape index (κ1) is 21.1. The summed E-state index contributed by atoms with van der Waals surface area (Å²) in [4.78, 5) is 29.1. The maximum absolute atomic E-state index is 12.7. The quantitative estimate of drug-likeness (QED) is 0.783. The second kappa shape index (κ2) is 10.2. The summed E-state index contributed by atoms with van der Waals surface area (Å²) in [5, 5.41) is 3.03. The third-order valence-electron chi connectivity index (χ3n) is 5.61. The van der Waals surface area contributed by atoms with Crippen LogP contribution >= 0.6 is 0 Å². The molecule has 29 heavy (non-hydrogen) atoms. The molecule has 1 saturated heterocycles. The molecule has 0 aliphatic carbocycles. The van der Waals surface area contributed by atoms with Gasteiger partial charge in [0.2, 0.25) is 11.8 Å². The number of piperazine rings is 1. The molecule has 5 heteroatoms. The van der Waals surface area contributed by atoms with E-state index in [2.05, 4.69) is 36.2 Å². The van der Waals surface area contributed by atoms with Crippen molar-refractivity contribution in [2.24, 2.45) is 0 Å². The number of para-hydroxylation sites is 1. The fraction of sp³-hybridized carbons (Fsp3) is 0.417. The Morgan fingerprint density at radius 2 is 1.62 bits per heavy atom. The minimum atomic E-state index is 0.00313. The van der Waals surface area contributed by atoms with Gasteiger partial charge in [-0.3, -0.25) is 14.5 Å². The highest BCUT2D eigenvalue weighted by molar-refractivity contribution is 5.93. The average Bonchev–Trinajstić information content (AvgIpc) is 2.75. The van der Waals surface area contributed by atoms with E-state index in [-0.39, 0.29) is 17.7 Å². The van der Waals surface area contributed by atoms with Crippen LogP contribution in [0.3, 0.4) is 0 Å². The largest absolute Gasteiger partial charge is 0.340 e. The molecule has 0 bridgehead atoms. The Bertz CT molecular complexity index is 814. The number of hydrogen-bond donors (Lipinski definition) is 1. The molecule has 154 valence electrons. The van der Waals surface area contributed by atoms with E-state index in [4.69, 9.17) is 0 Å². The van der Waals surface area contributed by atoms with Gasteiger partial charge in [-0.25, -0.2) is 0 Å². The van der Waals surface area contributed by atoms with Crippen molar-refractivity contribution in [3.05, 3.63) is 65.7 Å². The smallest absolute Gasteiger partial charge is 0.238 e. The zero-order valence-electron chi connectivity index (χ0n) is 17.4. The van der Waals surface area contributed by atoms with Crippen LogP contribution in [0.15, 0.2) is 54.6 Å². The van der Waals surface area contributed by atoms with E-state index in [1.807, 2.05) is 47.4 Å². The summed E-state index contributed by atoms with van der Waals surface area (Å²) in [6, 6.07) is 18.1. The molecule has 1 aliphatic heterocycles. The number of amides is 2. The molecule has 0 aromatic heterocycles. The molecule has 2 aromatic carbocycles. The van der Waals surface area contributed by atoms with Crippen molar-refractivity contribution in [1.29, 1.82) is 0 Å². The summed E-state index contributed by atoms with van der Waals surface area (Å²) in [6.07, 6.45) is 1.41. The van der Waals surface area contributed by atoms with Crippen LogP contribution in [0.1, 0.15) is 37.3 Å². The van der Waals surface area contributed by atoms with Gasteiger partial charge in [0.05, 0.1) is 6.54 Å². The van der Waals surface area contributed by atoms with Gasteiger partial charge < -0.3 is 10.2 Å². The number of rotatable bonds is 7. The van der Waals surface area contributed by atoms with Crippen molar-refractivity contribution < 1.29 is 9.59 Å². The summed E-state index contributed by atoms with van der Waals surface area (Å²) in [5.74, 6) is 0.414. The van der Waals surface area contributed by atoms with Crippen molar-refractivity contribution in [3.8, 4) is 0 Å². The van der Waals surface area contributed by atoms with Gasteiger partial charge >= 0.3 is 0 Å². The van der Waals surface area contributed by atoms with E-state index in [9.17, 15) is 9.59 Å². The number of anilines is 1. The highest BCUT2D eigenvalue weighted by Gasteiger charge is 2.24. The van der Waals surface area contributed by atoms with Gasteiger partial charge in [0.15, 0.2) is 0 Å². The maximum atomic E-state index is 12.7.